The first-order valence-electron chi connectivity index (χ1n) is 3.87. The van der Waals surface area contributed by atoms with E-state index in [9.17, 15) is 8.42 Å². The largest absolute Gasteiger partial charge is 0.233 e. The first kappa shape index (κ1) is 12.5. The number of thiophene rings is 1. The normalized spacial score (nSPS) is 13.1. The molecule has 6 heteroatoms. The molecular formula is C8H10BrClO2S2. The Hall–Kier alpha value is 0.420. The van der Waals surface area contributed by atoms with E-state index in [0.29, 0.717) is 0 Å². The van der Waals surface area contributed by atoms with Crippen LogP contribution < -0.4 is 0 Å². The van der Waals surface area contributed by atoms with Crippen LogP contribution in [-0.4, -0.2) is 14.2 Å². The van der Waals surface area contributed by atoms with Crippen LogP contribution in [0.4, 0.5) is 0 Å². The van der Waals surface area contributed by atoms with E-state index < -0.39 is 14.5 Å². The lowest BCUT2D eigenvalue weighted by Crippen LogP contribution is -2.24. The summed E-state index contributed by atoms with van der Waals surface area (Å²) in [5, 5.41) is 1.93. The van der Waals surface area contributed by atoms with Crippen LogP contribution >= 0.6 is 37.9 Å². The van der Waals surface area contributed by atoms with Crippen LogP contribution in [0.15, 0.2) is 15.9 Å². The SMILES string of the molecule is CC(C)(CS(=O)(=O)Cl)c1cc(Br)cs1. The van der Waals surface area contributed by atoms with Gasteiger partial charge in [-0.3, -0.25) is 0 Å². The average molecular weight is 318 g/mol. The van der Waals surface area contributed by atoms with Gasteiger partial charge in [-0.1, -0.05) is 13.8 Å². The van der Waals surface area contributed by atoms with Crippen molar-refractivity contribution in [1.29, 1.82) is 0 Å². The lowest BCUT2D eigenvalue weighted by atomic mass is 9.94. The molecule has 0 N–H and O–H groups in total. The smallest absolute Gasteiger partial charge is 0.212 e. The summed E-state index contributed by atoms with van der Waals surface area (Å²) in [4.78, 5) is 1.01. The van der Waals surface area contributed by atoms with Gasteiger partial charge in [0.25, 0.3) is 0 Å². The first-order valence-corrected chi connectivity index (χ1v) is 8.03. The summed E-state index contributed by atoms with van der Waals surface area (Å²) in [6.07, 6.45) is 0. The second kappa shape index (κ2) is 4.12. The van der Waals surface area contributed by atoms with Crippen LogP contribution in [0.1, 0.15) is 18.7 Å². The average Bonchev–Trinajstić information content (AvgIpc) is 2.29. The van der Waals surface area contributed by atoms with Gasteiger partial charge in [-0.2, -0.15) is 0 Å². The zero-order valence-corrected chi connectivity index (χ0v) is 11.7. The number of halogens is 2. The van der Waals surface area contributed by atoms with Gasteiger partial charge >= 0.3 is 0 Å². The van der Waals surface area contributed by atoms with Gasteiger partial charge in [-0.25, -0.2) is 8.42 Å². The van der Waals surface area contributed by atoms with Crippen LogP contribution in [0.2, 0.25) is 0 Å². The third kappa shape index (κ3) is 3.53. The fraction of sp³-hybridized carbons (Fsp3) is 0.500. The minimum Gasteiger partial charge on any atom is -0.212 e. The molecule has 80 valence electrons. The monoisotopic (exact) mass is 316 g/mol. The highest BCUT2D eigenvalue weighted by Crippen LogP contribution is 2.33. The van der Waals surface area contributed by atoms with Crippen molar-refractivity contribution in [2.45, 2.75) is 19.3 Å². The topological polar surface area (TPSA) is 34.1 Å². The Morgan fingerprint density at radius 1 is 1.57 bits per heavy atom. The Morgan fingerprint density at radius 3 is 2.50 bits per heavy atom. The van der Waals surface area contributed by atoms with Crippen LogP contribution in [0.5, 0.6) is 0 Å². The van der Waals surface area contributed by atoms with Gasteiger partial charge in [0.15, 0.2) is 0 Å². The zero-order valence-electron chi connectivity index (χ0n) is 7.75. The molecule has 2 nitrogen and oxygen atoms in total. The van der Waals surface area contributed by atoms with Crippen molar-refractivity contribution in [3.63, 3.8) is 0 Å². The molecule has 0 unspecified atom stereocenters. The predicted molar refractivity (Wildman–Crippen MR) is 64.7 cm³/mol. The second-order valence-corrected chi connectivity index (χ2v) is 8.30. The van der Waals surface area contributed by atoms with Gasteiger partial charge in [0.05, 0.1) is 5.75 Å². The lowest BCUT2D eigenvalue weighted by molar-refractivity contribution is 0.564. The van der Waals surface area contributed by atoms with E-state index in [1.807, 2.05) is 25.3 Å². The Balaban J connectivity index is 2.96. The van der Waals surface area contributed by atoms with Gasteiger partial charge in [-0.15, -0.1) is 11.3 Å². The number of hydrogen-bond donors (Lipinski definition) is 0. The summed E-state index contributed by atoms with van der Waals surface area (Å²) in [6, 6.07) is 1.92. The number of rotatable bonds is 3. The van der Waals surface area contributed by atoms with E-state index in [0.717, 1.165) is 9.35 Å². The molecule has 0 amide bonds. The van der Waals surface area contributed by atoms with E-state index in [1.54, 1.807) is 0 Å². The molecule has 0 aliphatic heterocycles. The quantitative estimate of drug-likeness (QED) is 0.801. The first-order chi connectivity index (χ1) is 6.21. The highest BCUT2D eigenvalue weighted by molar-refractivity contribution is 9.10. The molecule has 0 saturated carbocycles. The molecule has 0 aromatic carbocycles. The minimum atomic E-state index is -3.46. The van der Waals surface area contributed by atoms with E-state index in [4.69, 9.17) is 10.7 Å². The van der Waals surface area contributed by atoms with Crippen LogP contribution in [0.25, 0.3) is 0 Å². The van der Waals surface area contributed by atoms with E-state index in [-0.39, 0.29) is 5.75 Å². The fourth-order valence-electron chi connectivity index (χ4n) is 1.17. The van der Waals surface area contributed by atoms with Crippen molar-refractivity contribution in [3.8, 4) is 0 Å². The Morgan fingerprint density at radius 2 is 2.14 bits per heavy atom. The molecule has 0 spiro atoms. The van der Waals surface area contributed by atoms with Crippen molar-refractivity contribution in [2.24, 2.45) is 0 Å². The molecule has 1 heterocycles. The summed E-state index contributed by atoms with van der Waals surface area (Å²) in [5.74, 6) is -0.0471. The highest BCUT2D eigenvalue weighted by Gasteiger charge is 2.28. The van der Waals surface area contributed by atoms with E-state index in [1.165, 1.54) is 11.3 Å². The maximum absolute atomic E-state index is 11.0. The third-order valence-electron chi connectivity index (χ3n) is 1.77. The van der Waals surface area contributed by atoms with Crippen molar-refractivity contribution in [2.75, 3.05) is 5.75 Å². The molecule has 1 rings (SSSR count). The fourth-order valence-corrected chi connectivity index (χ4v) is 4.65. The third-order valence-corrected chi connectivity index (χ3v) is 5.22. The lowest BCUT2D eigenvalue weighted by Gasteiger charge is -2.20. The summed E-state index contributed by atoms with van der Waals surface area (Å²) in [6.45, 7) is 3.73. The predicted octanol–water partition coefficient (Wildman–Crippen LogP) is 3.36. The van der Waals surface area contributed by atoms with Gasteiger partial charge in [-0.05, 0) is 22.0 Å². The van der Waals surface area contributed by atoms with E-state index in [2.05, 4.69) is 15.9 Å². The van der Waals surface area contributed by atoms with Crippen molar-refractivity contribution in [3.05, 3.63) is 20.8 Å². The van der Waals surface area contributed by atoms with Crippen LogP contribution in [0.3, 0.4) is 0 Å². The van der Waals surface area contributed by atoms with Crippen molar-refractivity contribution in [1.82, 2.24) is 0 Å². The maximum Gasteiger partial charge on any atom is 0.233 e. The Kier molecular flexibility index (Phi) is 3.67. The molecular weight excluding hydrogens is 308 g/mol. The van der Waals surface area contributed by atoms with Gasteiger partial charge < -0.3 is 0 Å². The van der Waals surface area contributed by atoms with Crippen LogP contribution in [-0.2, 0) is 14.5 Å². The van der Waals surface area contributed by atoms with Gasteiger partial charge in [0.2, 0.25) is 9.05 Å². The molecule has 0 radical (unpaired) electrons. The summed E-state index contributed by atoms with van der Waals surface area (Å²) >= 11 is 4.86. The molecule has 0 bridgehead atoms. The molecule has 0 saturated heterocycles. The molecule has 14 heavy (non-hydrogen) atoms. The molecule has 1 aromatic heterocycles. The number of hydrogen-bond acceptors (Lipinski definition) is 3. The Bertz CT molecular complexity index is 422. The molecule has 0 atom stereocenters. The van der Waals surface area contributed by atoms with Crippen molar-refractivity contribution >= 4 is 47.0 Å². The second-order valence-electron chi connectivity index (χ2n) is 3.70. The van der Waals surface area contributed by atoms with Gasteiger partial charge in [0, 0.05) is 30.8 Å². The van der Waals surface area contributed by atoms with E-state index >= 15 is 0 Å². The Labute approximate surface area is 101 Å². The molecule has 0 aliphatic carbocycles. The maximum atomic E-state index is 11.0. The summed E-state index contributed by atoms with van der Waals surface area (Å²) in [7, 11) is 1.78. The standard InChI is InChI=1S/C8H10BrClO2S2/c1-8(2,5-14(10,11)12)7-3-6(9)4-13-7/h3-4H,5H2,1-2H3. The summed E-state index contributed by atoms with van der Waals surface area (Å²) < 4.78 is 22.9. The van der Waals surface area contributed by atoms with Crippen LogP contribution in [0, 0.1) is 0 Å². The minimum absolute atomic E-state index is 0.0471. The molecule has 0 fully saturated rings. The molecule has 1 aromatic rings. The molecule has 0 aliphatic rings. The van der Waals surface area contributed by atoms with Gasteiger partial charge in [0.1, 0.15) is 0 Å². The zero-order chi connectivity index (χ0) is 11.0. The van der Waals surface area contributed by atoms with Crippen molar-refractivity contribution < 1.29 is 8.42 Å². The summed E-state index contributed by atoms with van der Waals surface area (Å²) in [5.41, 5.74) is -0.433. The highest BCUT2D eigenvalue weighted by atomic mass is 79.9.